The van der Waals surface area contributed by atoms with Gasteiger partial charge in [0.25, 0.3) is 0 Å². The van der Waals surface area contributed by atoms with Crippen LogP contribution in [0.1, 0.15) is 5.56 Å². The highest BCUT2D eigenvalue weighted by Gasteiger charge is 1.84. The standard InChI is InChI=1S/C8H8.C4H7NO2.C3H4O2.H3N/c1-2-8-6-4-3-5-7-8;1-2-4(7)5-3-6;1-2-3(4)5;/h2-7H,1H2;2,6H,1,3H2,(H,5,7);2H,1H2,(H,4,5);1H3. The van der Waals surface area contributed by atoms with Gasteiger partial charge < -0.3 is 26.5 Å². The van der Waals surface area contributed by atoms with Crippen molar-refractivity contribution in [1.82, 2.24) is 11.5 Å². The van der Waals surface area contributed by atoms with Gasteiger partial charge in [-0.25, -0.2) is 0 Å². The molecule has 6 heteroatoms. The van der Waals surface area contributed by atoms with E-state index >= 15 is 0 Å². The van der Waals surface area contributed by atoms with E-state index in [9.17, 15) is 4.79 Å². The number of hydrogen-bond donors (Lipinski definition) is 3. The van der Waals surface area contributed by atoms with Crippen LogP contribution in [0.25, 0.3) is 6.08 Å². The van der Waals surface area contributed by atoms with Gasteiger partial charge in [0.15, 0.2) is 0 Å². The van der Waals surface area contributed by atoms with Gasteiger partial charge in [0.2, 0.25) is 5.91 Å². The molecule has 0 aliphatic heterocycles. The maximum Gasteiger partial charge on any atom is 0.245 e. The van der Waals surface area contributed by atoms with Crippen LogP contribution in [0.5, 0.6) is 0 Å². The van der Waals surface area contributed by atoms with Crippen molar-refractivity contribution in [2.24, 2.45) is 0 Å². The van der Waals surface area contributed by atoms with E-state index in [0.717, 1.165) is 12.2 Å². The van der Waals surface area contributed by atoms with Crippen LogP contribution in [-0.2, 0) is 9.59 Å². The lowest BCUT2D eigenvalue weighted by Crippen LogP contribution is -2.20. The van der Waals surface area contributed by atoms with Crippen molar-refractivity contribution in [3.8, 4) is 0 Å². The van der Waals surface area contributed by atoms with Crippen LogP contribution in [0.4, 0.5) is 0 Å². The lowest BCUT2D eigenvalue weighted by atomic mass is 10.2. The van der Waals surface area contributed by atoms with Crippen molar-refractivity contribution in [3.63, 3.8) is 0 Å². The minimum atomic E-state index is -1.23. The Balaban J connectivity index is -0.000000233. The number of carboxylic acid groups (broad SMARTS) is 1. The molecule has 0 heterocycles. The molecule has 1 amide bonds. The minimum absolute atomic E-state index is 0. The van der Waals surface area contributed by atoms with Gasteiger partial charge in [-0.2, -0.15) is 0 Å². The Morgan fingerprint density at radius 3 is 1.81 bits per heavy atom. The average molecular weight is 294 g/mol. The van der Waals surface area contributed by atoms with E-state index in [4.69, 9.17) is 15.0 Å². The van der Waals surface area contributed by atoms with Crippen LogP contribution in [0.3, 0.4) is 0 Å². The minimum Gasteiger partial charge on any atom is -0.545 e. The summed E-state index contributed by atoms with van der Waals surface area (Å²) in [6.07, 6.45) is 3.65. The van der Waals surface area contributed by atoms with Gasteiger partial charge in [0.1, 0.15) is 6.73 Å². The third-order valence-corrected chi connectivity index (χ3v) is 1.64. The van der Waals surface area contributed by atoms with Crippen LogP contribution in [0.15, 0.2) is 62.2 Å². The second kappa shape index (κ2) is 17.3. The highest BCUT2D eigenvalue weighted by molar-refractivity contribution is 5.86. The average Bonchev–Trinajstić information content (AvgIpc) is 2.49. The van der Waals surface area contributed by atoms with Crippen molar-refractivity contribution >= 4 is 18.0 Å². The Morgan fingerprint density at radius 2 is 1.62 bits per heavy atom. The molecule has 0 saturated carbocycles. The molecule has 1 aromatic carbocycles. The van der Waals surface area contributed by atoms with Gasteiger partial charge >= 0.3 is 0 Å². The number of aliphatic carboxylic acids is 1. The molecule has 21 heavy (non-hydrogen) atoms. The van der Waals surface area contributed by atoms with E-state index in [2.05, 4.69) is 25.1 Å². The van der Waals surface area contributed by atoms with E-state index in [1.165, 1.54) is 5.56 Å². The third kappa shape index (κ3) is 19.8. The number of aliphatic hydroxyl groups is 1. The Bertz CT molecular complexity index is 431. The normalized spacial score (nSPS) is 7.29. The Morgan fingerprint density at radius 1 is 1.14 bits per heavy atom. The number of amides is 1. The molecule has 0 spiro atoms. The molecular weight excluding hydrogens is 272 g/mol. The molecule has 0 atom stereocenters. The van der Waals surface area contributed by atoms with Crippen molar-refractivity contribution < 1.29 is 19.8 Å². The molecule has 0 unspecified atom stereocenters. The summed E-state index contributed by atoms with van der Waals surface area (Å²) in [5, 5.41) is 19.2. The van der Waals surface area contributed by atoms with Gasteiger partial charge in [0, 0.05) is 0 Å². The third-order valence-electron chi connectivity index (χ3n) is 1.64. The Kier molecular flexibility index (Phi) is 19.3. The number of nitrogens with one attached hydrogen (secondary N) is 1. The molecule has 1 rings (SSSR count). The number of aliphatic hydroxyl groups excluding tert-OH is 1. The first kappa shape index (κ1) is 23.4. The molecule has 0 aliphatic carbocycles. The van der Waals surface area contributed by atoms with E-state index < -0.39 is 5.97 Å². The smallest absolute Gasteiger partial charge is 0.245 e. The second-order valence-electron chi connectivity index (χ2n) is 3.04. The monoisotopic (exact) mass is 294 g/mol. The quantitative estimate of drug-likeness (QED) is 0.562. The second-order valence-corrected chi connectivity index (χ2v) is 3.04. The number of quaternary nitrogens is 1. The van der Waals surface area contributed by atoms with Crippen LogP contribution in [0, 0.1) is 0 Å². The van der Waals surface area contributed by atoms with E-state index in [0.29, 0.717) is 0 Å². The van der Waals surface area contributed by atoms with E-state index in [1.807, 2.05) is 36.4 Å². The molecule has 0 saturated heterocycles. The molecule has 6 N–H and O–H groups in total. The number of rotatable bonds is 4. The van der Waals surface area contributed by atoms with Crippen LogP contribution in [0.2, 0.25) is 0 Å². The highest BCUT2D eigenvalue weighted by Crippen LogP contribution is 1.97. The van der Waals surface area contributed by atoms with Gasteiger partial charge in [-0.3, -0.25) is 4.79 Å². The van der Waals surface area contributed by atoms with Crippen molar-refractivity contribution in [1.29, 1.82) is 0 Å². The lowest BCUT2D eigenvalue weighted by molar-refractivity contribution is -0.297. The van der Waals surface area contributed by atoms with Crippen molar-refractivity contribution in [2.75, 3.05) is 6.73 Å². The Hall–Kier alpha value is -2.70. The first-order valence-electron chi connectivity index (χ1n) is 5.53. The fraction of sp³-hybridized carbons (Fsp3) is 0.0667. The zero-order chi connectivity index (χ0) is 15.8. The fourth-order valence-electron chi connectivity index (χ4n) is 0.739. The molecule has 0 radical (unpaired) electrons. The van der Waals surface area contributed by atoms with Gasteiger partial charge in [-0.1, -0.05) is 56.1 Å². The summed E-state index contributed by atoms with van der Waals surface area (Å²) in [7, 11) is 0. The molecule has 116 valence electrons. The van der Waals surface area contributed by atoms with E-state index in [-0.39, 0.29) is 18.8 Å². The lowest BCUT2D eigenvalue weighted by Gasteiger charge is -1.89. The molecular formula is C15H22N2O4. The topological polar surface area (TPSA) is 126 Å². The predicted molar refractivity (Wildman–Crippen MR) is 83.1 cm³/mol. The summed E-state index contributed by atoms with van der Waals surface area (Å²) in [5.74, 6) is -1.59. The van der Waals surface area contributed by atoms with Crippen LogP contribution >= 0.6 is 0 Å². The molecule has 0 fully saturated rings. The SMILES string of the molecule is C=CC(=O)NCO.C=CC(=O)[O-].C=Cc1ccccc1.[NH4+]. The molecule has 1 aromatic rings. The fourth-order valence-corrected chi connectivity index (χ4v) is 0.739. The Labute approximate surface area is 124 Å². The maximum atomic E-state index is 10.0. The summed E-state index contributed by atoms with van der Waals surface area (Å²) >= 11 is 0. The zero-order valence-electron chi connectivity index (χ0n) is 12.1. The summed E-state index contributed by atoms with van der Waals surface area (Å²) < 4.78 is 0. The highest BCUT2D eigenvalue weighted by atomic mass is 16.4. The summed E-state index contributed by atoms with van der Waals surface area (Å²) in [4.78, 5) is 19.2. The summed E-state index contributed by atoms with van der Waals surface area (Å²) in [6.45, 7) is 9.36. The number of carbonyl (C=O) groups is 2. The first-order valence-corrected chi connectivity index (χ1v) is 5.53. The molecule has 6 nitrogen and oxygen atoms in total. The molecule has 0 aromatic heterocycles. The van der Waals surface area contributed by atoms with Gasteiger partial charge in [-0.15, -0.1) is 0 Å². The number of hydrogen-bond acceptors (Lipinski definition) is 4. The number of benzene rings is 1. The van der Waals surface area contributed by atoms with Gasteiger partial charge in [0.05, 0.1) is 5.97 Å². The maximum absolute atomic E-state index is 10.0. The predicted octanol–water partition coefficient (Wildman–Crippen LogP) is 0.867. The molecule has 0 bridgehead atoms. The van der Waals surface area contributed by atoms with E-state index in [1.54, 1.807) is 0 Å². The largest absolute Gasteiger partial charge is 0.545 e. The zero-order valence-corrected chi connectivity index (χ0v) is 12.1. The van der Waals surface area contributed by atoms with Gasteiger partial charge in [-0.05, 0) is 17.7 Å². The summed E-state index contributed by atoms with van der Waals surface area (Å²) in [6, 6.07) is 10.0. The van der Waals surface area contributed by atoms with Crippen LogP contribution in [-0.4, -0.2) is 23.7 Å². The van der Waals surface area contributed by atoms with Crippen LogP contribution < -0.4 is 16.6 Å². The van der Waals surface area contributed by atoms with Crippen molar-refractivity contribution in [3.05, 3.63) is 67.8 Å². The van der Waals surface area contributed by atoms with Crippen molar-refractivity contribution in [2.45, 2.75) is 0 Å². The first-order chi connectivity index (χ1) is 9.51. The summed E-state index contributed by atoms with van der Waals surface area (Å²) in [5.41, 5.74) is 1.17. The number of carboxylic acids is 1. The molecule has 0 aliphatic rings. The number of carbonyl (C=O) groups excluding carboxylic acids is 2.